The lowest BCUT2D eigenvalue weighted by Gasteiger charge is -2.27. The first kappa shape index (κ1) is 23.2. The van der Waals surface area contributed by atoms with Gasteiger partial charge in [0.05, 0.1) is 5.57 Å². The van der Waals surface area contributed by atoms with E-state index in [-0.39, 0.29) is 22.6 Å². The van der Waals surface area contributed by atoms with Gasteiger partial charge in [0, 0.05) is 40.9 Å². The summed E-state index contributed by atoms with van der Waals surface area (Å²) in [4.78, 5) is 28.7. The minimum Gasteiger partial charge on any atom is -0.461 e. The molecule has 0 N–H and O–H groups in total. The number of carbonyl (C=O) groups excluding carboxylic acids is 2. The van der Waals surface area contributed by atoms with Gasteiger partial charge < -0.3 is 9.64 Å². The van der Waals surface area contributed by atoms with E-state index in [4.69, 9.17) is 4.74 Å². The lowest BCUT2D eigenvalue weighted by molar-refractivity contribution is 0.0987. The fourth-order valence-electron chi connectivity index (χ4n) is 5.46. The average Bonchev–Trinajstić information content (AvgIpc) is 3.32. The number of rotatable bonds is 2. The maximum atomic E-state index is 13.2. The topological polar surface area (TPSA) is 46.6 Å². The number of benzene rings is 2. The van der Waals surface area contributed by atoms with Crippen molar-refractivity contribution in [3.8, 4) is 0 Å². The van der Waals surface area contributed by atoms with Gasteiger partial charge in [0.15, 0.2) is 11.6 Å². The molecule has 0 amide bonds. The maximum Gasteiger partial charge on any atom is 0.198 e. The Morgan fingerprint density at radius 2 is 1.70 bits per heavy atom. The third kappa shape index (κ3) is 3.84. The predicted molar refractivity (Wildman–Crippen MR) is 147 cm³/mol. The summed E-state index contributed by atoms with van der Waals surface area (Å²) in [6.45, 7) is 6.17. The molecule has 2 aromatic rings. The number of allylic oxidation sites excluding steroid dienone is 10. The molecule has 2 aliphatic carbocycles. The summed E-state index contributed by atoms with van der Waals surface area (Å²) in [6, 6.07) is 13.5. The van der Waals surface area contributed by atoms with Gasteiger partial charge in [-0.15, -0.1) is 0 Å². The van der Waals surface area contributed by atoms with Crippen LogP contribution in [0.25, 0.3) is 6.08 Å². The summed E-state index contributed by atoms with van der Waals surface area (Å²) in [5.74, 6) is 1.25. The van der Waals surface area contributed by atoms with Crippen LogP contribution in [0.4, 0.5) is 5.69 Å². The van der Waals surface area contributed by atoms with Crippen LogP contribution in [0.15, 0.2) is 107 Å². The van der Waals surface area contributed by atoms with Gasteiger partial charge in [0.2, 0.25) is 0 Å². The summed E-state index contributed by atoms with van der Waals surface area (Å²) in [5, 5.41) is 0. The van der Waals surface area contributed by atoms with Crippen molar-refractivity contribution in [1.82, 2.24) is 0 Å². The number of carbonyl (C=O) groups is 2. The van der Waals surface area contributed by atoms with Gasteiger partial charge in [-0.3, -0.25) is 9.59 Å². The van der Waals surface area contributed by atoms with Crippen LogP contribution in [0.2, 0.25) is 0 Å². The Balaban J connectivity index is 1.37. The van der Waals surface area contributed by atoms with Crippen LogP contribution in [0.1, 0.15) is 65.0 Å². The monoisotopic (exact) mass is 487 g/mol. The van der Waals surface area contributed by atoms with E-state index in [0.29, 0.717) is 34.1 Å². The van der Waals surface area contributed by atoms with Crippen LogP contribution in [0.3, 0.4) is 0 Å². The Bertz CT molecular complexity index is 1520. The molecule has 37 heavy (non-hydrogen) atoms. The molecule has 0 spiro atoms. The van der Waals surface area contributed by atoms with E-state index in [1.807, 2.05) is 18.2 Å². The van der Waals surface area contributed by atoms with Crippen LogP contribution < -0.4 is 4.90 Å². The van der Waals surface area contributed by atoms with E-state index in [1.165, 1.54) is 16.9 Å². The Morgan fingerprint density at radius 3 is 2.41 bits per heavy atom. The second kappa shape index (κ2) is 8.45. The molecule has 0 saturated carbocycles. The van der Waals surface area contributed by atoms with Crippen LogP contribution in [0, 0.1) is 5.41 Å². The number of fused-ring (bicyclic) bond motifs is 4. The number of nitrogens with zero attached hydrogens (tertiary/aromatic N) is 1. The van der Waals surface area contributed by atoms with E-state index < -0.39 is 0 Å². The second-order valence-corrected chi connectivity index (χ2v) is 11.0. The average molecular weight is 488 g/mol. The standard InChI is InChI=1S/C33H29NO3/c1-33(2,3)29-19-21(30-31(35)24-10-5-6-11-25(24)32(30)36)18-22(37-29)15-13-20-14-16-28-26(17-20)23-9-7-8-12-27(23)34(28)4/h5-8,10-19,23H,9H2,1-4H3/b15-13-. The fourth-order valence-corrected chi connectivity index (χ4v) is 5.46. The molecule has 184 valence electrons. The summed E-state index contributed by atoms with van der Waals surface area (Å²) in [7, 11) is 2.12. The highest BCUT2D eigenvalue weighted by atomic mass is 16.5. The highest BCUT2D eigenvalue weighted by molar-refractivity contribution is 6.40. The number of ether oxygens (including phenoxy) is 1. The quantitative estimate of drug-likeness (QED) is 0.329. The molecule has 4 heteroatoms. The minimum absolute atomic E-state index is 0.211. The van der Waals surface area contributed by atoms with Gasteiger partial charge in [-0.05, 0) is 59.6 Å². The molecule has 2 aromatic carbocycles. The van der Waals surface area contributed by atoms with Gasteiger partial charge in [0.1, 0.15) is 11.5 Å². The molecule has 0 radical (unpaired) electrons. The summed E-state index contributed by atoms with van der Waals surface area (Å²) in [6.07, 6.45) is 15.2. The van der Waals surface area contributed by atoms with E-state index in [2.05, 4.69) is 69.1 Å². The molecule has 0 fully saturated rings. The summed E-state index contributed by atoms with van der Waals surface area (Å²) in [5.41, 5.74) is 6.42. The Morgan fingerprint density at radius 1 is 0.973 bits per heavy atom. The maximum absolute atomic E-state index is 13.2. The highest BCUT2D eigenvalue weighted by Crippen LogP contribution is 2.46. The SMILES string of the molecule is CN1C2=CC=CCC2c2cc(/C=C\C3=CC(=C4C(=O)c5ccccc5C4=O)C=C(C(C)(C)C)O3)ccc21. The Labute approximate surface area is 217 Å². The molecule has 0 aromatic heterocycles. The van der Waals surface area contributed by atoms with Crippen LogP contribution in [-0.4, -0.2) is 18.6 Å². The van der Waals surface area contributed by atoms with Gasteiger partial charge in [-0.25, -0.2) is 0 Å². The zero-order valence-electron chi connectivity index (χ0n) is 21.5. The zero-order valence-corrected chi connectivity index (χ0v) is 21.5. The molecule has 1 atom stereocenters. The van der Waals surface area contributed by atoms with Crippen molar-refractivity contribution in [2.45, 2.75) is 33.1 Å². The molecule has 0 saturated heterocycles. The first-order valence-corrected chi connectivity index (χ1v) is 12.7. The van der Waals surface area contributed by atoms with Crippen molar-refractivity contribution in [2.75, 3.05) is 11.9 Å². The van der Waals surface area contributed by atoms with Gasteiger partial charge in [0.25, 0.3) is 0 Å². The second-order valence-electron chi connectivity index (χ2n) is 11.0. The van der Waals surface area contributed by atoms with Gasteiger partial charge in [-0.2, -0.15) is 0 Å². The first-order chi connectivity index (χ1) is 17.7. The van der Waals surface area contributed by atoms with Crippen LogP contribution in [-0.2, 0) is 4.74 Å². The van der Waals surface area contributed by atoms with E-state index in [1.54, 1.807) is 30.3 Å². The van der Waals surface area contributed by atoms with Crippen molar-refractivity contribution in [1.29, 1.82) is 0 Å². The molecule has 6 rings (SSSR count). The molecule has 0 bridgehead atoms. The number of likely N-dealkylation sites (N-methyl/N-ethyl adjacent to an activating group) is 1. The number of hydrogen-bond acceptors (Lipinski definition) is 4. The number of hydrogen-bond donors (Lipinski definition) is 0. The summed E-state index contributed by atoms with van der Waals surface area (Å²) < 4.78 is 6.26. The molecule has 2 heterocycles. The lowest BCUT2D eigenvalue weighted by atomic mass is 9.89. The molecular weight excluding hydrogens is 458 g/mol. The predicted octanol–water partition coefficient (Wildman–Crippen LogP) is 7.30. The van der Waals surface area contributed by atoms with Crippen molar-refractivity contribution < 1.29 is 14.3 Å². The van der Waals surface area contributed by atoms with Crippen molar-refractivity contribution in [2.24, 2.45) is 5.41 Å². The highest BCUT2D eigenvalue weighted by Gasteiger charge is 2.36. The number of anilines is 1. The van der Waals surface area contributed by atoms with Gasteiger partial charge in [-0.1, -0.05) is 69.3 Å². The van der Waals surface area contributed by atoms with E-state index in [0.717, 1.165) is 12.0 Å². The third-order valence-corrected chi connectivity index (χ3v) is 7.46. The molecular formula is C33H29NO3. The lowest BCUT2D eigenvalue weighted by Crippen LogP contribution is -2.16. The first-order valence-electron chi connectivity index (χ1n) is 12.7. The van der Waals surface area contributed by atoms with Crippen molar-refractivity contribution in [3.63, 3.8) is 0 Å². The van der Waals surface area contributed by atoms with Gasteiger partial charge >= 0.3 is 0 Å². The molecule has 1 unspecified atom stereocenters. The summed E-state index contributed by atoms with van der Waals surface area (Å²) >= 11 is 0. The fraction of sp³-hybridized carbons (Fsp3) is 0.212. The number of Topliss-reactive ketones (excluding diaryl/α,β-unsaturated/α-hetero) is 2. The smallest absolute Gasteiger partial charge is 0.198 e. The largest absolute Gasteiger partial charge is 0.461 e. The number of ketones is 2. The zero-order chi connectivity index (χ0) is 25.9. The Hall–Kier alpha value is -4.18. The molecule has 4 nitrogen and oxygen atoms in total. The van der Waals surface area contributed by atoms with E-state index >= 15 is 0 Å². The minimum atomic E-state index is -0.300. The Kier molecular flexibility index (Phi) is 5.30. The van der Waals surface area contributed by atoms with E-state index in [9.17, 15) is 9.59 Å². The molecule has 2 aliphatic heterocycles. The normalized spacial score (nSPS) is 20.5. The van der Waals surface area contributed by atoms with Crippen molar-refractivity contribution in [3.05, 3.63) is 130 Å². The van der Waals surface area contributed by atoms with Crippen molar-refractivity contribution >= 4 is 23.3 Å². The third-order valence-electron chi connectivity index (χ3n) is 7.46. The van der Waals surface area contributed by atoms with Crippen LogP contribution >= 0.6 is 0 Å². The molecule has 4 aliphatic rings. The van der Waals surface area contributed by atoms with Crippen LogP contribution in [0.5, 0.6) is 0 Å².